The van der Waals surface area contributed by atoms with Gasteiger partial charge in [0.2, 0.25) is 0 Å². The highest BCUT2D eigenvalue weighted by atomic mass is 16.3. The molecule has 25 heavy (non-hydrogen) atoms. The number of aromatic nitrogens is 1. The highest BCUT2D eigenvalue weighted by Gasteiger charge is 2.24. The van der Waals surface area contributed by atoms with Gasteiger partial charge in [0.1, 0.15) is 11.3 Å². The summed E-state index contributed by atoms with van der Waals surface area (Å²) in [6.07, 6.45) is 0.822. The number of pyridine rings is 1. The monoisotopic (exact) mass is 336 g/mol. The second kappa shape index (κ2) is 6.43. The Morgan fingerprint density at radius 1 is 1.16 bits per heavy atom. The molecule has 0 aliphatic carbocycles. The molecule has 0 saturated carbocycles. The van der Waals surface area contributed by atoms with Crippen LogP contribution in [0.5, 0.6) is 5.75 Å². The van der Waals surface area contributed by atoms with E-state index in [4.69, 9.17) is 0 Å². The van der Waals surface area contributed by atoms with Gasteiger partial charge in [-0.25, -0.2) is 0 Å². The molecule has 1 amide bonds. The smallest absolute Gasteiger partial charge is 0.267 e. The highest BCUT2D eigenvalue weighted by molar-refractivity contribution is 6.10. The maximum absolute atomic E-state index is 12.9. The number of hydrogen-bond donors (Lipinski definition) is 1. The fraction of sp³-hybridized carbons (Fsp3) is 0.200. The third-order valence-electron chi connectivity index (χ3n) is 4.50. The van der Waals surface area contributed by atoms with E-state index in [0.717, 1.165) is 12.0 Å². The van der Waals surface area contributed by atoms with Crippen LogP contribution < -0.4 is 10.5 Å². The normalized spacial score (nSPS) is 10.8. The molecule has 2 aromatic carbocycles. The molecule has 1 heterocycles. The average Bonchev–Trinajstić information content (AvgIpc) is 2.65. The van der Waals surface area contributed by atoms with Gasteiger partial charge in [-0.3, -0.25) is 9.59 Å². The van der Waals surface area contributed by atoms with Crippen LogP contribution >= 0.6 is 0 Å². The molecule has 0 aliphatic rings. The van der Waals surface area contributed by atoms with Crippen molar-refractivity contribution in [3.8, 4) is 5.75 Å². The van der Waals surface area contributed by atoms with E-state index in [2.05, 4.69) is 0 Å². The number of para-hydroxylation sites is 1. The molecule has 128 valence electrons. The van der Waals surface area contributed by atoms with Crippen molar-refractivity contribution in [2.24, 2.45) is 7.05 Å². The van der Waals surface area contributed by atoms with Gasteiger partial charge in [-0.15, -0.1) is 0 Å². The first kappa shape index (κ1) is 16.8. The predicted octanol–water partition coefficient (Wildman–Crippen LogP) is 3.08. The second-order valence-electron chi connectivity index (χ2n) is 5.99. The molecule has 0 radical (unpaired) electrons. The lowest BCUT2D eigenvalue weighted by molar-refractivity contribution is 0.0988. The maximum Gasteiger partial charge on any atom is 0.267 e. The number of anilines is 1. The number of rotatable bonds is 3. The van der Waals surface area contributed by atoms with Gasteiger partial charge < -0.3 is 14.6 Å². The second-order valence-corrected chi connectivity index (χ2v) is 5.99. The summed E-state index contributed by atoms with van der Waals surface area (Å²) in [5.41, 5.74) is 1.59. The van der Waals surface area contributed by atoms with E-state index in [1.807, 2.05) is 37.3 Å². The van der Waals surface area contributed by atoms with Gasteiger partial charge in [0, 0.05) is 25.2 Å². The number of hydrogen-bond acceptors (Lipinski definition) is 3. The fourth-order valence-corrected chi connectivity index (χ4v) is 2.92. The van der Waals surface area contributed by atoms with Crippen LogP contribution in [-0.2, 0) is 13.5 Å². The molecule has 0 unspecified atom stereocenters. The molecule has 0 saturated heterocycles. The largest absolute Gasteiger partial charge is 0.506 e. The summed E-state index contributed by atoms with van der Waals surface area (Å²) in [5, 5.41) is 11.1. The Balaban J connectivity index is 2.20. The van der Waals surface area contributed by atoms with Gasteiger partial charge in [0.05, 0.1) is 5.52 Å². The van der Waals surface area contributed by atoms with E-state index in [1.54, 1.807) is 32.3 Å². The Labute approximate surface area is 145 Å². The molecular weight excluding hydrogens is 316 g/mol. The number of amides is 1. The summed E-state index contributed by atoms with van der Waals surface area (Å²) in [7, 11) is 3.20. The van der Waals surface area contributed by atoms with Gasteiger partial charge >= 0.3 is 0 Å². The van der Waals surface area contributed by atoms with Crippen LogP contribution in [0.4, 0.5) is 5.69 Å². The lowest BCUT2D eigenvalue weighted by atomic mass is 10.1. The Morgan fingerprint density at radius 2 is 1.84 bits per heavy atom. The average molecular weight is 336 g/mol. The minimum absolute atomic E-state index is 0.217. The number of carbonyl (C=O) groups excluding carboxylic acids is 1. The van der Waals surface area contributed by atoms with Crippen molar-refractivity contribution in [1.82, 2.24) is 4.57 Å². The van der Waals surface area contributed by atoms with Gasteiger partial charge in [-0.2, -0.15) is 0 Å². The molecule has 3 rings (SSSR count). The lowest BCUT2D eigenvalue weighted by Gasteiger charge is -2.19. The van der Waals surface area contributed by atoms with E-state index >= 15 is 0 Å². The molecule has 0 atom stereocenters. The summed E-state index contributed by atoms with van der Waals surface area (Å²) in [5.74, 6) is -0.806. The van der Waals surface area contributed by atoms with E-state index in [9.17, 15) is 14.7 Å². The van der Waals surface area contributed by atoms with Crippen LogP contribution in [0.1, 0.15) is 22.8 Å². The zero-order chi connectivity index (χ0) is 18.1. The first-order valence-electron chi connectivity index (χ1n) is 8.13. The summed E-state index contributed by atoms with van der Waals surface area (Å²) in [4.78, 5) is 27.0. The number of aromatic hydroxyl groups is 1. The third-order valence-corrected chi connectivity index (χ3v) is 4.50. The van der Waals surface area contributed by atoms with E-state index in [0.29, 0.717) is 16.6 Å². The van der Waals surface area contributed by atoms with Crippen LogP contribution in [0.2, 0.25) is 0 Å². The first-order chi connectivity index (χ1) is 12.0. The van der Waals surface area contributed by atoms with Crippen molar-refractivity contribution in [3.63, 3.8) is 0 Å². The standard InChI is InChI=1S/C20H20N2O3/c1-4-13-10-11-15-16(12-13)22(3)20(25)17(18(15)23)19(24)21(2)14-8-6-5-7-9-14/h5-12,23H,4H2,1-3H3. The molecule has 0 aliphatic heterocycles. The maximum atomic E-state index is 12.9. The summed E-state index contributed by atoms with van der Waals surface area (Å²) in [6.45, 7) is 2.02. The Hall–Kier alpha value is -3.08. The molecule has 5 nitrogen and oxygen atoms in total. The number of nitrogens with zero attached hydrogens (tertiary/aromatic N) is 2. The van der Waals surface area contributed by atoms with Crippen LogP contribution in [0.3, 0.4) is 0 Å². The van der Waals surface area contributed by atoms with Crippen molar-refractivity contribution in [2.45, 2.75) is 13.3 Å². The lowest BCUT2D eigenvalue weighted by Crippen LogP contribution is -2.34. The van der Waals surface area contributed by atoms with Gasteiger partial charge in [0.15, 0.2) is 0 Å². The molecule has 1 N–H and O–H groups in total. The van der Waals surface area contributed by atoms with Gasteiger partial charge in [-0.1, -0.05) is 31.2 Å². The van der Waals surface area contributed by atoms with Crippen molar-refractivity contribution >= 4 is 22.5 Å². The molecule has 3 aromatic rings. The van der Waals surface area contributed by atoms with Crippen molar-refractivity contribution < 1.29 is 9.90 Å². The SMILES string of the molecule is CCc1ccc2c(O)c(C(=O)N(C)c3ccccc3)c(=O)n(C)c2c1. The predicted molar refractivity (Wildman–Crippen MR) is 99.4 cm³/mol. The Kier molecular flexibility index (Phi) is 4.31. The third kappa shape index (κ3) is 2.78. The van der Waals surface area contributed by atoms with Crippen molar-refractivity contribution in [2.75, 3.05) is 11.9 Å². The minimum Gasteiger partial charge on any atom is -0.506 e. The zero-order valence-corrected chi connectivity index (χ0v) is 14.5. The first-order valence-corrected chi connectivity index (χ1v) is 8.13. The fourth-order valence-electron chi connectivity index (χ4n) is 2.92. The number of carbonyl (C=O) groups is 1. The van der Waals surface area contributed by atoms with Gasteiger partial charge in [0.25, 0.3) is 11.5 Å². The van der Waals surface area contributed by atoms with Crippen LogP contribution in [0.15, 0.2) is 53.3 Å². The van der Waals surface area contributed by atoms with E-state index in [-0.39, 0.29) is 11.3 Å². The molecule has 5 heteroatoms. The summed E-state index contributed by atoms with van der Waals surface area (Å²) in [6, 6.07) is 14.5. The van der Waals surface area contributed by atoms with Crippen LogP contribution in [0.25, 0.3) is 10.9 Å². The Bertz CT molecular complexity index is 1010. The molecular formula is C20H20N2O3. The zero-order valence-electron chi connectivity index (χ0n) is 14.5. The number of benzene rings is 2. The Morgan fingerprint density at radius 3 is 2.48 bits per heavy atom. The van der Waals surface area contributed by atoms with Crippen molar-refractivity contribution in [1.29, 1.82) is 0 Å². The molecule has 0 fully saturated rings. The highest BCUT2D eigenvalue weighted by Crippen LogP contribution is 2.28. The van der Waals surface area contributed by atoms with Crippen LogP contribution in [0, 0.1) is 0 Å². The van der Waals surface area contributed by atoms with Gasteiger partial charge in [-0.05, 0) is 36.2 Å². The number of aryl methyl sites for hydroxylation is 2. The summed E-state index contributed by atoms with van der Waals surface area (Å²) < 4.78 is 1.42. The molecule has 0 spiro atoms. The van der Waals surface area contributed by atoms with E-state index < -0.39 is 11.5 Å². The topological polar surface area (TPSA) is 62.5 Å². The van der Waals surface area contributed by atoms with Crippen molar-refractivity contribution in [3.05, 3.63) is 70.0 Å². The van der Waals surface area contributed by atoms with Crippen LogP contribution in [-0.4, -0.2) is 22.6 Å². The number of fused-ring (bicyclic) bond motifs is 1. The summed E-state index contributed by atoms with van der Waals surface area (Å²) >= 11 is 0. The molecule has 1 aromatic heterocycles. The minimum atomic E-state index is -0.536. The quantitative estimate of drug-likeness (QED) is 0.799. The molecule has 0 bridgehead atoms. The van der Waals surface area contributed by atoms with E-state index in [1.165, 1.54) is 9.47 Å².